The fourth-order valence-electron chi connectivity index (χ4n) is 4.14. The molecule has 0 bridgehead atoms. The Morgan fingerprint density at radius 2 is 1.77 bits per heavy atom. The fourth-order valence-corrected chi connectivity index (χ4v) is 4.97. The van der Waals surface area contributed by atoms with Gasteiger partial charge < -0.3 is 9.15 Å². The first-order chi connectivity index (χ1) is 16.8. The highest BCUT2D eigenvalue weighted by Crippen LogP contribution is 2.31. The van der Waals surface area contributed by atoms with Gasteiger partial charge in [0.1, 0.15) is 17.3 Å². The predicted molar refractivity (Wildman–Crippen MR) is 129 cm³/mol. The highest BCUT2D eigenvalue weighted by Gasteiger charge is 2.29. The number of hydrogen-bond acceptors (Lipinski definition) is 6. The minimum absolute atomic E-state index is 0.0548. The molecule has 9 heteroatoms. The summed E-state index contributed by atoms with van der Waals surface area (Å²) in [6.45, 7) is 1.72. The Morgan fingerprint density at radius 3 is 2.54 bits per heavy atom. The van der Waals surface area contributed by atoms with E-state index in [1.165, 1.54) is 0 Å². The summed E-state index contributed by atoms with van der Waals surface area (Å²) in [5.41, 5.74) is 1.59. The number of sulfonamides is 1. The van der Waals surface area contributed by atoms with Crippen molar-refractivity contribution in [3.63, 3.8) is 0 Å². The lowest BCUT2D eigenvalue weighted by Crippen LogP contribution is -2.22. The van der Waals surface area contributed by atoms with Crippen LogP contribution in [0.3, 0.4) is 0 Å². The number of fused-ring (bicyclic) bond motifs is 2. The van der Waals surface area contributed by atoms with Crippen LogP contribution in [0.2, 0.25) is 0 Å². The van der Waals surface area contributed by atoms with Gasteiger partial charge in [-0.3, -0.25) is 0 Å². The number of ether oxygens (including phenoxy) is 1. The Hall–Kier alpha value is -3.98. The SMILES string of the molecule is Cc1c(C(=O)Oc2ccc3ccccc3c2)oc2c1/C(=N/NS(=O)(=O)c1ccc(F)cc1)CCC2. The fraction of sp³-hybridized carbons (Fsp3) is 0.154. The molecule has 35 heavy (non-hydrogen) atoms. The number of nitrogens with one attached hydrogen (secondary N) is 1. The average molecular weight is 493 g/mol. The molecule has 0 unspecified atom stereocenters. The summed E-state index contributed by atoms with van der Waals surface area (Å²) < 4.78 is 49.7. The zero-order valence-corrected chi connectivity index (χ0v) is 19.6. The van der Waals surface area contributed by atoms with Crippen LogP contribution in [0.1, 0.15) is 40.3 Å². The summed E-state index contributed by atoms with van der Waals surface area (Å²) >= 11 is 0. The first-order valence-corrected chi connectivity index (χ1v) is 12.5. The van der Waals surface area contributed by atoms with E-state index in [-0.39, 0.29) is 10.7 Å². The smallest absolute Gasteiger partial charge is 0.379 e. The Balaban J connectivity index is 1.40. The third-order valence-electron chi connectivity index (χ3n) is 5.87. The molecule has 4 aromatic rings. The molecule has 0 spiro atoms. The first kappa shape index (κ1) is 22.8. The number of esters is 1. The number of nitrogens with zero attached hydrogens (tertiary/aromatic N) is 1. The van der Waals surface area contributed by atoms with Gasteiger partial charge in [0.25, 0.3) is 10.0 Å². The second kappa shape index (κ2) is 8.99. The summed E-state index contributed by atoms with van der Waals surface area (Å²) in [5.74, 6) is -0.177. The molecular weight excluding hydrogens is 471 g/mol. The molecule has 0 aliphatic heterocycles. The van der Waals surface area contributed by atoms with Crippen LogP contribution >= 0.6 is 0 Å². The molecule has 0 amide bonds. The molecule has 0 saturated heterocycles. The quantitative estimate of drug-likeness (QED) is 0.237. The van der Waals surface area contributed by atoms with E-state index in [0.717, 1.165) is 35.0 Å². The van der Waals surface area contributed by atoms with E-state index in [4.69, 9.17) is 9.15 Å². The van der Waals surface area contributed by atoms with Crippen LogP contribution in [0.25, 0.3) is 10.8 Å². The monoisotopic (exact) mass is 492 g/mol. The van der Waals surface area contributed by atoms with Crippen LogP contribution in [0.4, 0.5) is 4.39 Å². The third-order valence-corrected chi connectivity index (χ3v) is 7.09. The van der Waals surface area contributed by atoms with E-state index in [1.54, 1.807) is 19.1 Å². The van der Waals surface area contributed by atoms with Gasteiger partial charge in [0, 0.05) is 17.5 Å². The zero-order valence-electron chi connectivity index (χ0n) is 18.7. The van der Waals surface area contributed by atoms with E-state index in [9.17, 15) is 17.6 Å². The van der Waals surface area contributed by atoms with E-state index in [0.29, 0.717) is 47.6 Å². The predicted octanol–water partition coefficient (Wildman–Crippen LogP) is 5.12. The third kappa shape index (κ3) is 4.54. The van der Waals surface area contributed by atoms with Crippen LogP contribution in [-0.4, -0.2) is 20.1 Å². The van der Waals surface area contributed by atoms with Crippen LogP contribution in [0, 0.1) is 12.7 Å². The van der Waals surface area contributed by atoms with Gasteiger partial charge in [-0.25, -0.2) is 9.18 Å². The maximum absolute atomic E-state index is 13.1. The molecule has 1 aliphatic carbocycles. The summed E-state index contributed by atoms with van der Waals surface area (Å²) in [4.78, 5) is 15.0. The van der Waals surface area contributed by atoms with Crippen molar-refractivity contribution in [2.45, 2.75) is 31.1 Å². The van der Waals surface area contributed by atoms with Crippen molar-refractivity contribution in [1.82, 2.24) is 4.83 Å². The number of rotatable bonds is 5. The largest absolute Gasteiger partial charge is 0.453 e. The van der Waals surface area contributed by atoms with Gasteiger partial charge in [-0.15, -0.1) is 0 Å². The maximum Gasteiger partial charge on any atom is 0.379 e. The molecule has 7 nitrogen and oxygen atoms in total. The second-order valence-electron chi connectivity index (χ2n) is 8.21. The number of carbonyl (C=O) groups is 1. The van der Waals surface area contributed by atoms with Gasteiger partial charge in [-0.05, 0) is 66.9 Å². The van der Waals surface area contributed by atoms with Crippen molar-refractivity contribution in [3.8, 4) is 5.75 Å². The lowest BCUT2D eigenvalue weighted by atomic mass is 9.93. The van der Waals surface area contributed by atoms with Crippen molar-refractivity contribution in [2.75, 3.05) is 0 Å². The Kier molecular flexibility index (Phi) is 5.86. The molecule has 0 fully saturated rings. The van der Waals surface area contributed by atoms with Crippen molar-refractivity contribution < 1.29 is 26.8 Å². The van der Waals surface area contributed by atoms with Gasteiger partial charge >= 0.3 is 5.97 Å². The van der Waals surface area contributed by atoms with Crippen molar-refractivity contribution in [3.05, 3.63) is 95.2 Å². The molecule has 0 radical (unpaired) electrons. The van der Waals surface area contributed by atoms with Crippen LogP contribution in [0.5, 0.6) is 5.75 Å². The Labute approximate surface area is 201 Å². The minimum atomic E-state index is -3.99. The number of carbonyl (C=O) groups excluding carboxylic acids is 1. The molecule has 3 aromatic carbocycles. The zero-order chi connectivity index (χ0) is 24.6. The number of benzene rings is 3. The molecular formula is C26H21FN2O5S. The topological polar surface area (TPSA) is 98.0 Å². The minimum Gasteiger partial charge on any atom is -0.453 e. The molecule has 5 rings (SSSR count). The Morgan fingerprint density at radius 1 is 1.03 bits per heavy atom. The van der Waals surface area contributed by atoms with E-state index in [1.807, 2.05) is 30.3 Å². The number of furan rings is 1. The lowest BCUT2D eigenvalue weighted by molar-refractivity contribution is 0.0698. The number of halogens is 1. The molecule has 0 atom stereocenters. The second-order valence-corrected chi connectivity index (χ2v) is 9.87. The highest BCUT2D eigenvalue weighted by atomic mass is 32.2. The van der Waals surface area contributed by atoms with Gasteiger partial charge in [-0.2, -0.15) is 18.4 Å². The van der Waals surface area contributed by atoms with Crippen molar-refractivity contribution in [2.24, 2.45) is 5.10 Å². The van der Waals surface area contributed by atoms with Gasteiger partial charge in [0.2, 0.25) is 5.76 Å². The molecule has 1 N–H and O–H groups in total. The van der Waals surface area contributed by atoms with Crippen molar-refractivity contribution >= 4 is 32.5 Å². The molecule has 1 heterocycles. The summed E-state index contributed by atoms with van der Waals surface area (Å²) in [6, 6.07) is 17.6. The number of hydrazone groups is 1. The first-order valence-electron chi connectivity index (χ1n) is 11.0. The van der Waals surface area contributed by atoms with Crippen molar-refractivity contribution in [1.29, 1.82) is 0 Å². The summed E-state index contributed by atoms with van der Waals surface area (Å²) in [6.07, 6.45) is 1.76. The number of hydrogen-bond donors (Lipinski definition) is 1. The summed E-state index contributed by atoms with van der Waals surface area (Å²) in [7, 11) is -3.99. The maximum atomic E-state index is 13.1. The average Bonchev–Trinajstić information content (AvgIpc) is 3.20. The lowest BCUT2D eigenvalue weighted by Gasteiger charge is -2.14. The van der Waals surface area contributed by atoms with E-state index < -0.39 is 21.8 Å². The molecule has 1 aromatic heterocycles. The molecule has 1 aliphatic rings. The van der Waals surface area contributed by atoms with E-state index in [2.05, 4.69) is 9.93 Å². The number of aryl methyl sites for hydroxylation is 1. The van der Waals surface area contributed by atoms with Crippen LogP contribution in [-0.2, 0) is 16.4 Å². The van der Waals surface area contributed by atoms with E-state index >= 15 is 0 Å². The Bertz CT molecular complexity index is 1570. The molecule has 178 valence electrons. The van der Waals surface area contributed by atoms with Gasteiger partial charge in [0.05, 0.1) is 10.6 Å². The standard InChI is InChI=1S/C26H21FN2O5S/c1-16-24-22(28-29-35(31,32)21-13-10-19(27)11-14-21)7-4-8-23(24)34-25(16)26(30)33-20-12-9-17-5-2-3-6-18(17)15-20/h2-3,5-6,9-15,29H,4,7-8H2,1H3/b28-22+. The summed E-state index contributed by atoms with van der Waals surface area (Å²) in [5, 5.41) is 6.09. The van der Waals surface area contributed by atoms with Gasteiger partial charge in [-0.1, -0.05) is 30.3 Å². The van der Waals surface area contributed by atoms with Crippen LogP contribution < -0.4 is 9.57 Å². The highest BCUT2D eigenvalue weighted by molar-refractivity contribution is 7.89. The molecule has 0 saturated carbocycles. The van der Waals surface area contributed by atoms with Crippen LogP contribution in [0.15, 0.2) is 81.1 Å². The van der Waals surface area contributed by atoms with Gasteiger partial charge in [0.15, 0.2) is 0 Å². The normalized spacial score (nSPS) is 14.6.